The summed E-state index contributed by atoms with van der Waals surface area (Å²) in [6.45, 7) is 3.18. The quantitative estimate of drug-likeness (QED) is 0.562. The Labute approximate surface area is 163 Å². The van der Waals surface area contributed by atoms with Crippen molar-refractivity contribution in [3.8, 4) is 0 Å². The number of aliphatic hydroxyl groups is 1. The molecule has 0 amide bonds. The lowest BCUT2D eigenvalue weighted by molar-refractivity contribution is 0.215. The Balaban J connectivity index is 1.42. The molecule has 0 aliphatic heterocycles. The average Bonchev–Trinajstić information content (AvgIpc) is 3.42. The fraction of sp³-hybridized carbons (Fsp3) is 0.364. The van der Waals surface area contributed by atoms with Crippen molar-refractivity contribution in [2.45, 2.75) is 45.0 Å². The van der Waals surface area contributed by atoms with Gasteiger partial charge in [-0.15, -0.1) is 0 Å². The van der Waals surface area contributed by atoms with Crippen molar-refractivity contribution in [3.63, 3.8) is 0 Å². The maximum absolute atomic E-state index is 9.55. The molecule has 1 aliphatic carbocycles. The molecule has 0 radical (unpaired) electrons. The molecule has 1 fully saturated rings. The molecule has 3 atom stereocenters. The van der Waals surface area contributed by atoms with Crippen molar-refractivity contribution in [2.24, 2.45) is 5.92 Å². The first-order chi connectivity index (χ1) is 13.7. The van der Waals surface area contributed by atoms with Gasteiger partial charge in [0.25, 0.3) is 0 Å². The maximum Gasteiger partial charge on any atom is 0.159 e. The van der Waals surface area contributed by atoms with E-state index in [-0.39, 0.29) is 6.73 Å². The highest BCUT2D eigenvalue weighted by molar-refractivity contribution is 5.75. The molecule has 3 aromatic heterocycles. The number of hydrogen-bond acceptors (Lipinski definition) is 4. The Morgan fingerprint density at radius 3 is 2.79 bits per heavy atom. The summed E-state index contributed by atoms with van der Waals surface area (Å²) in [5.41, 5.74) is 5.23. The van der Waals surface area contributed by atoms with Crippen LogP contribution in [0.1, 0.15) is 36.9 Å². The SMILES string of the molecule is CC1CC(NCc2ccccc2)CC1c1cnc2cnc3c(ccn3CO)n12. The van der Waals surface area contributed by atoms with E-state index in [0.29, 0.717) is 17.9 Å². The van der Waals surface area contributed by atoms with E-state index in [1.165, 1.54) is 11.3 Å². The van der Waals surface area contributed by atoms with Crippen LogP contribution in [0.4, 0.5) is 0 Å². The zero-order valence-corrected chi connectivity index (χ0v) is 16.0. The van der Waals surface area contributed by atoms with E-state index < -0.39 is 0 Å². The number of fused-ring (bicyclic) bond motifs is 3. The van der Waals surface area contributed by atoms with Crippen LogP contribution < -0.4 is 5.32 Å². The molecule has 5 rings (SSSR count). The van der Waals surface area contributed by atoms with E-state index in [4.69, 9.17) is 0 Å². The third-order valence-electron chi connectivity index (χ3n) is 6.12. The Hall–Kier alpha value is -2.70. The Morgan fingerprint density at radius 2 is 1.96 bits per heavy atom. The summed E-state index contributed by atoms with van der Waals surface area (Å²) in [5.74, 6) is 1.03. The van der Waals surface area contributed by atoms with Crippen LogP contribution >= 0.6 is 0 Å². The number of imidazole rings is 1. The van der Waals surface area contributed by atoms with Gasteiger partial charge < -0.3 is 15.0 Å². The van der Waals surface area contributed by atoms with Gasteiger partial charge >= 0.3 is 0 Å². The van der Waals surface area contributed by atoms with E-state index >= 15 is 0 Å². The van der Waals surface area contributed by atoms with Crippen LogP contribution in [0, 0.1) is 5.92 Å². The number of nitrogens with zero attached hydrogens (tertiary/aromatic N) is 4. The van der Waals surface area contributed by atoms with Crippen LogP contribution in [0.25, 0.3) is 16.8 Å². The van der Waals surface area contributed by atoms with Crippen LogP contribution in [0.2, 0.25) is 0 Å². The molecule has 0 bridgehead atoms. The van der Waals surface area contributed by atoms with Crippen molar-refractivity contribution >= 4 is 16.8 Å². The third-order valence-corrected chi connectivity index (χ3v) is 6.12. The van der Waals surface area contributed by atoms with Crippen molar-refractivity contribution in [2.75, 3.05) is 0 Å². The number of nitrogens with one attached hydrogen (secondary N) is 1. The van der Waals surface area contributed by atoms with Gasteiger partial charge in [0, 0.05) is 36.6 Å². The van der Waals surface area contributed by atoms with Gasteiger partial charge in [0.05, 0.1) is 11.7 Å². The topological polar surface area (TPSA) is 67.4 Å². The van der Waals surface area contributed by atoms with E-state index in [1.807, 2.05) is 18.5 Å². The molecule has 144 valence electrons. The van der Waals surface area contributed by atoms with Crippen molar-refractivity contribution < 1.29 is 5.11 Å². The molecular weight excluding hydrogens is 350 g/mol. The minimum absolute atomic E-state index is 0.0721. The molecule has 0 saturated heterocycles. The van der Waals surface area contributed by atoms with E-state index in [2.05, 4.69) is 56.9 Å². The van der Waals surface area contributed by atoms with Gasteiger partial charge in [-0.1, -0.05) is 37.3 Å². The van der Waals surface area contributed by atoms with Gasteiger partial charge in [-0.2, -0.15) is 0 Å². The summed E-state index contributed by atoms with van der Waals surface area (Å²) in [5, 5.41) is 13.3. The van der Waals surface area contributed by atoms with Gasteiger partial charge in [0.15, 0.2) is 11.3 Å². The van der Waals surface area contributed by atoms with E-state index in [0.717, 1.165) is 36.2 Å². The van der Waals surface area contributed by atoms with Crippen molar-refractivity contribution in [1.29, 1.82) is 0 Å². The fourth-order valence-corrected chi connectivity index (χ4v) is 4.68. The second kappa shape index (κ2) is 7.04. The molecule has 1 aromatic carbocycles. The minimum Gasteiger partial charge on any atom is -0.376 e. The normalized spacial score (nSPS) is 22.4. The summed E-state index contributed by atoms with van der Waals surface area (Å²) in [6.07, 6.45) is 7.95. The molecule has 3 unspecified atom stereocenters. The summed E-state index contributed by atoms with van der Waals surface area (Å²) >= 11 is 0. The first-order valence-electron chi connectivity index (χ1n) is 9.94. The van der Waals surface area contributed by atoms with E-state index in [9.17, 15) is 5.11 Å². The molecule has 3 heterocycles. The molecular formula is C22H25N5O. The van der Waals surface area contributed by atoms with Gasteiger partial charge in [0.2, 0.25) is 0 Å². The zero-order valence-electron chi connectivity index (χ0n) is 16.0. The van der Waals surface area contributed by atoms with Gasteiger partial charge in [-0.05, 0) is 30.4 Å². The molecule has 6 heteroatoms. The molecule has 1 saturated carbocycles. The first kappa shape index (κ1) is 17.4. The van der Waals surface area contributed by atoms with Crippen LogP contribution in [-0.4, -0.2) is 30.1 Å². The maximum atomic E-state index is 9.55. The molecule has 4 aromatic rings. The van der Waals surface area contributed by atoms with Crippen LogP contribution in [-0.2, 0) is 13.3 Å². The van der Waals surface area contributed by atoms with Gasteiger partial charge in [0.1, 0.15) is 6.73 Å². The first-order valence-corrected chi connectivity index (χ1v) is 9.94. The summed E-state index contributed by atoms with van der Waals surface area (Å²) in [4.78, 5) is 9.09. The lowest BCUT2D eigenvalue weighted by atomic mass is 9.95. The predicted molar refractivity (Wildman–Crippen MR) is 109 cm³/mol. The summed E-state index contributed by atoms with van der Waals surface area (Å²) in [6, 6.07) is 13.1. The predicted octanol–water partition coefficient (Wildman–Crippen LogP) is 3.31. The van der Waals surface area contributed by atoms with Crippen LogP contribution in [0.5, 0.6) is 0 Å². The number of benzene rings is 1. The second-order valence-corrected chi connectivity index (χ2v) is 7.89. The highest BCUT2D eigenvalue weighted by Crippen LogP contribution is 2.40. The zero-order chi connectivity index (χ0) is 19.1. The van der Waals surface area contributed by atoms with Gasteiger partial charge in [-0.25, -0.2) is 9.97 Å². The largest absolute Gasteiger partial charge is 0.376 e. The van der Waals surface area contributed by atoms with Crippen LogP contribution in [0.15, 0.2) is 55.0 Å². The number of aliphatic hydroxyl groups excluding tert-OH is 1. The van der Waals surface area contributed by atoms with Crippen LogP contribution in [0.3, 0.4) is 0 Å². The number of rotatable bonds is 5. The van der Waals surface area contributed by atoms with Crippen molar-refractivity contribution in [1.82, 2.24) is 24.3 Å². The van der Waals surface area contributed by atoms with Gasteiger partial charge in [-0.3, -0.25) is 4.40 Å². The van der Waals surface area contributed by atoms with E-state index in [1.54, 1.807) is 10.8 Å². The second-order valence-electron chi connectivity index (χ2n) is 7.89. The molecule has 6 nitrogen and oxygen atoms in total. The highest BCUT2D eigenvalue weighted by atomic mass is 16.3. The average molecular weight is 375 g/mol. The Kier molecular flexibility index (Phi) is 4.37. The summed E-state index contributed by atoms with van der Waals surface area (Å²) < 4.78 is 3.97. The lowest BCUT2D eigenvalue weighted by Crippen LogP contribution is -2.26. The number of aromatic nitrogens is 4. The minimum atomic E-state index is -0.0721. The molecule has 1 aliphatic rings. The monoisotopic (exact) mass is 375 g/mol. The highest BCUT2D eigenvalue weighted by Gasteiger charge is 2.34. The Bertz CT molecular complexity index is 1100. The smallest absolute Gasteiger partial charge is 0.159 e. The molecule has 0 spiro atoms. The number of hydrogen-bond donors (Lipinski definition) is 2. The standard InChI is InChI=1S/C22H25N5O/c1-15-9-17(23-11-16-5-3-2-4-6-16)10-18(15)20-12-24-21-13-25-22-19(27(20)21)7-8-26(22)14-28/h2-8,12-13,15,17-18,23,28H,9-11,14H2,1H3. The third kappa shape index (κ3) is 2.89. The molecule has 28 heavy (non-hydrogen) atoms. The summed E-state index contributed by atoms with van der Waals surface area (Å²) in [7, 11) is 0. The Morgan fingerprint density at radius 1 is 1.11 bits per heavy atom. The van der Waals surface area contributed by atoms with Crippen molar-refractivity contribution in [3.05, 3.63) is 66.2 Å². The molecule has 2 N–H and O–H groups in total. The fourth-order valence-electron chi connectivity index (χ4n) is 4.68. The lowest BCUT2D eigenvalue weighted by Gasteiger charge is -2.15.